The Morgan fingerprint density at radius 3 is 2.44 bits per heavy atom. The maximum absolute atomic E-state index is 11.8. The zero-order chi connectivity index (χ0) is 18.0. The van der Waals surface area contributed by atoms with Crippen LogP contribution in [-0.2, 0) is 4.79 Å². The molecule has 5 N–H and O–H groups in total. The predicted octanol–water partition coefficient (Wildman–Crippen LogP) is 2.65. The van der Waals surface area contributed by atoms with E-state index in [1.165, 1.54) is 13.2 Å². The Labute approximate surface area is 143 Å². The number of rotatable bonds is 4. The standard InChI is InChI=1S/C18H16N4O3/c1-10(23)21-12-6-4-11(5-7-12)14-9-13(15-3-2-8-25-15)16(18(20)24)17(19)22-14/h2-9H,1H3,(H2,19,22)(H2,20,24)(H,21,23). The largest absolute Gasteiger partial charge is 0.464 e. The number of aromatic nitrogens is 1. The maximum Gasteiger partial charge on any atom is 0.253 e. The number of nitrogens with two attached hydrogens (primary N) is 2. The number of pyridine rings is 1. The third-order valence-corrected chi connectivity index (χ3v) is 3.58. The van der Waals surface area contributed by atoms with Crippen molar-refractivity contribution in [2.45, 2.75) is 6.92 Å². The molecule has 0 aliphatic rings. The highest BCUT2D eigenvalue weighted by Gasteiger charge is 2.19. The van der Waals surface area contributed by atoms with E-state index in [9.17, 15) is 9.59 Å². The van der Waals surface area contributed by atoms with E-state index in [-0.39, 0.29) is 17.3 Å². The topological polar surface area (TPSA) is 124 Å². The van der Waals surface area contributed by atoms with Gasteiger partial charge in [0, 0.05) is 23.7 Å². The van der Waals surface area contributed by atoms with E-state index < -0.39 is 5.91 Å². The highest BCUT2D eigenvalue weighted by Crippen LogP contribution is 2.32. The first-order valence-electron chi connectivity index (χ1n) is 7.48. The van der Waals surface area contributed by atoms with E-state index >= 15 is 0 Å². The van der Waals surface area contributed by atoms with Crippen LogP contribution in [0.1, 0.15) is 17.3 Å². The van der Waals surface area contributed by atoms with Crippen molar-refractivity contribution < 1.29 is 14.0 Å². The Morgan fingerprint density at radius 1 is 1.16 bits per heavy atom. The molecule has 0 unspecified atom stereocenters. The number of nitrogens with zero attached hydrogens (tertiary/aromatic N) is 1. The van der Waals surface area contributed by atoms with Gasteiger partial charge in [-0.1, -0.05) is 12.1 Å². The monoisotopic (exact) mass is 336 g/mol. The van der Waals surface area contributed by atoms with Gasteiger partial charge in [-0.2, -0.15) is 0 Å². The fourth-order valence-corrected chi connectivity index (χ4v) is 2.53. The number of hydrogen-bond donors (Lipinski definition) is 3. The summed E-state index contributed by atoms with van der Waals surface area (Å²) in [6.45, 7) is 1.44. The van der Waals surface area contributed by atoms with E-state index in [1.807, 2.05) is 0 Å². The van der Waals surface area contributed by atoms with Crippen molar-refractivity contribution in [2.75, 3.05) is 11.1 Å². The van der Waals surface area contributed by atoms with Crippen LogP contribution in [0, 0.1) is 0 Å². The van der Waals surface area contributed by atoms with Gasteiger partial charge in [-0.25, -0.2) is 4.98 Å². The van der Waals surface area contributed by atoms with Crippen molar-refractivity contribution >= 4 is 23.3 Å². The van der Waals surface area contributed by atoms with Crippen LogP contribution in [0.3, 0.4) is 0 Å². The molecule has 2 amide bonds. The smallest absolute Gasteiger partial charge is 0.253 e. The summed E-state index contributed by atoms with van der Waals surface area (Å²) in [5.41, 5.74) is 14.0. The molecular formula is C18H16N4O3. The number of nitrogens with one attached hydrogen (secondary N) is 1. The molecule has 7 heteroatoms. The number of primary amides is 1. The molecule has 0 bridgehead atoms. The third kappa shape index (κ3) is 3.35. The number of carbonyl (C=O) groups excluding carboxylic acids is 2. The minimum atomic E-state index is -0.677. The number of amides is 2. The highest BCUT2D eigenvalue weighted by molar-refractivity contribution is 6.04. The minimum absolute atomic E-state index is 0.0299. The lowest BCUT2D eigenvalue weighted by Gasteiger charge is -2.11. The van der Waals surface area contributed by atoms with Gasteiger partial charge < -0.3 is 21.2 Å². The summed E-state index contributed by atoms with van der Waals surface area (Å²) in [6.07, 6.45) is 1.50. The number of anilines is 2. The molecule has 0 atom stereocenters. The van der Waals surface area contributed by atoms with Crippen LogP contribution < -0.4 is 16.8 Å². The van der Waals surface area contributed by atoms with Crippen LogP contribution in [0.25, 0.3) is 22.6 Å². The molecule has 7 nitrogen and oxygen atoms in total. The minimum Gasteiger partial charge on any atom is -0.464 e. The Balaban J connectivity index is 2.08. The summed E-state index contributed by atoms with van der Waals surface area (Å²) in [5, 5.41) is 2.69. The predicted molar refractivity (Wildman–Crippen MR) is 94.6 cm³/mol. The van der Waals surface area contributed by atoms with Crippen molar-refractivity contribution in [2.24, 2.45) is 5.73 Å². The average Bonchev–Trinajstić information content (AvgIpc) is 3.08. The van der Waals surface area contributed by atoms with Crippen molar-refractivity contribution in [1.82, 2.24) is 4.98 Å². The first kappa shape index (κ1) is 16.3. The first-order chi connectivity index (χ1) is 12.0. The van der Waals surface area contributed by atoms with Gasteiger partial charge in [-0.05, 0) is 30.3 Å². The first-order valence-corrected chi connectivity index (χ1v) is 7.48. The van der Waals surface area contributed by atoms with Gasteiger partial charge in [0.05, 0.1) is 17.5 Å². The molecule has 0 fully saturated rings. The van der Waals surface area contributed by atoms with Crippen LogP contribution in [0.5, 0.6) is 0 Å². The lowest BCUT2D eigenvalue weighted by atomic mass is 10.0. The highest BCUT2D eigenvalue weighted by atomic mass is 16.3. The summed E-state index contributed by atoms with van der Waals surface area (Å²) in [5.74, 6) is -0.327. The van der Waals surface area contributed by atoms with Gasteiger partial charge >= 0.3 is 0 Å². The van der Waals surface area contributed by atoms with Crippen LogP contribution in [0.4, 0.5) is 11.5 Å². The molecule has 0 saturated carbocycles. The molecule has 2 heterocycles. The van der Waals surface area contributed by atoms with Gasteiger partial charge in [0.1, 0.15) is 11.6 Å². The summed E-state index contributed by atoms with van der Waals surface area (Å²) in [4.78, 5) is 27.1. The second-order valence-corrected chi connectivity index (χ2v) is 5.42. The molecule has 1 aromatic carbocycles. The second kappa shape index (κ2) is 6.48. The van der Waals surface area contributed by atoms with Gasteiger partial charge in [0.25, 0.3) is 5.91 Å². The zero-order valence-electron chi connectivity index (χ0n) is 13.4. The molecular weight excluding hydrogens is 320 g/mol. The van der Waals surface area contributed by atoms with E-state index in [4.69, 9.17) is 15.9 Å². The van der Waals surface area contributed by atoms with E-state index in [2.05, 4.69) is 10.3 Å². The quantitative estimate of drug-likeness (QED) is 0.675. The molecule has 0 saturated heterocycles. The fourth-order valence-electron chi connectivity index (χ4n) is 2.53. The van der Waals surface area contributed by atoms with E-state index in [0.717, 1.165) is 5.56 Å². The van der Waals surface area contributed by atoms with Crippen molar-refractivity contribution in [3.63, 3.8) is 0 Å². The van der Waals surface area contributed by atoms with Gasteiger partial charge in [-0.15, -0.1) is 0 Å². The Bertz CT molecular complexity index is 932. The molecule has 0 spiro atoms. The normalized spacial score (nSPS) is 10.4. The number of hydrogen-bond acceptors (Lipinski definition) is 5. The van der Waals surface area contributed by atoms with Crippen molar-refractivity contribution in [3.8, 4) is 22.6 Å². The van der Waals surface area contributed by atoms with Gasteiger partial charge in [-0.3, -0.25) is 9.59 Å². The van der Waals surface area contributed by atoms with Gasteiger partial charge in [0.2, 0.25) is 5.91 Å². The van der Waals surface area contributed by atoms with Crippen LogP contribution in [-0.4, -0.2) is 16.8 Å². The van der Waals surface area contributed by atoms with Gasteiger partial charge in [0.15, 0.2) is 0 Å². The van der Waals surface area contributed by atoms with Crippen LogP contribution in [0.2, 0.25) is 0 Å². The average molecular weight is 336 g/mol. The summed E-state index contributed by atoms with van der Waals surface area (Å²) in [7, 11) is 0. The summed E-state index contributed by atoms with van der Waals surface area (Å²) in [6, 6.07) is 12.2. The Kier molecular flexibility index (Phi) is 4.21. The second-order valence-electron chi connectivity index (χ2n) is 5.42. The molecule has 3 rings (SSSR count). The fraction of sp³-hybridized carbons (Fsp3) is 0.0556. The summed E-state index contributed by atoms with van der Waals surface area (Å²) < 4.78 is 5.38. The zero-order valence-corrected chi connectivity index (χ0v) is 13.4. The molecule has 0 aliphatic heterocycles. The lowest BCUT2D eigenvalue weighted by Crippen LogP contribution is -2.16. The van der Waals surface area contributed by atoms with Crippen molar-refractivity contribution in [3.05, 3.63) is 54.3 Å². The molecule has 0 aliphatic carbocycles. The van der Waals surface area contributed by atoms with Crippen LogP contribution in [0.15, 0.2) is 53.1 Å². The lowest BCUT2D eigenvalue weighted by molar-refractivity contribution is -0.114. The van der Waals surface area contributed by atoms with Crippen LogP contribution >= 0.6 is 0 Å². The van der Waals surface area contributed by atoms with Crippen molar-refractivity contribution in [1.29, 1.82) is 0 Å². The molecule has 3 aromatic rings. The number of nitrogen functional groups attached to an aromatic ring is 1. The third-order valence-electron chi connectivity index (χ3n) is 3.58. The summed E-state index contributed by atoms with van der Waals surface area (Å²) >= 11 is 0. The SMILES string of the molecule is CC(=O)Nc1ccc(-c2cc(-c3ccco3)c(C(N)=O)c(N)n2)cc1. The van der Waals surface area contributed by atoms with E-state index in [1.54, 1.807) is 42.5 Å². The Hall–Kier alpha value is -3.61. The Morgan fingerprint density at radius 2 is 1.88 bits per heavy atom. The number of carbonyl (C=O) groups is 2. The number of furan rings is 1. The molecule has 25 heavy (non-hydrogen) atoms. The molecule has 0 radical (unpaired) electrons. The molecule has 126 valence electrons. The maximum atomic E-state index is 11.8. The van der Waals surface area contributed by atoms with E-state index in [0.29, 0.717) is 22.7 Å². The molecule has 2 aromatic heterocycles. The number of benzene rings is 1.